The standard InChI is InChI=1S/C9H7BrFNO3/c10-6-3-5(11)1-2-7(6)12-8(13)4-9(14)15/h1-3H,4H2,(H,12,13)(H,14,15). The second-order valence-corrected chi connectivity index (χ2v) is 3.60. The minimum Gasteiger partial charge on any atom is -0.481 e. The summed E-state index contributed by atoms with van der Waals surface area (Å²) in [6.45, 7) is 0. The summed E-state index contributed by atoms with van der Waals surface area (Å²) in [4.78, 5) is 21.3. The van der Waals surface area contributed by atoms with Crippen LogP contribution in [0.4, 0.5) is 10.1 Å². The Kier molecular flexibility index (Phi) is 3.79. The van der Waals surface area contributed by atoms with Crippen LogP contribution in [0.1, 0.15) is 6.42 Å². The highest BCUT2D eigenvalue weighted by atomic mass is 79.9. The maximum absolute atomic E-state index is 12.7. The summed E-state index contributed by atoms with van der Waals surface area (Å²) in [6, 6.07) is 3.69. The topological polar surface area (TPSA) is 66.4 Å². The molecular formula is C9H7BrFNO3. The van der Waals surface area contributed by atoms with Crippen LogP contribution in [0.2, 0.25) is 0 Å². The summed E-state index contributed by atoms with van der Waals surface area (Å²) >= 11 is 3.04. The number of carboxylic acid groups (broad SMARTS) is 1. The third kappa shape index (κ3) is 3.67. The van der Waals surface area contributed by atoms with Crippen molar-refractivity contribution in [2.45, 2.75) is 6.42 Å². The van der Waals surface area contributed by atoms with E-state index in [-0.39, 0.29) is 0 Å². The molecule has 0 atom stereocenters. The molecule has 0 aromatic heterocycles. The molecule has 80 valence electrons. The van der Waals surface area contributed by atoms with Crippen molar-refractivity contribution in [3.05, 3.63) is 28.5 Å². The molecule has 0 heterocycles. The molecule has 1 aromatic rings. The molecule has 1 amide bonds. The molecule has 0 bridgehead atoms. The molecule has 15 heavy (non-hydrogen) atoms. The van der Waals surface area contributed by atoms with Gasteiger partial charge in [0.2, 0.25) is 5.91 Å². The molecule has 0 aliphatic carbocycles. The van der Waals surface area contributed by atoms with Gasteiger partial charge in [0.05, 0.1) is 5.69 Å². The fraction of sp³-hybridized carbons (Fsp3) is 0.111. The lowest BCUT2D eigenvalue weighted by Gasteiger charge is -2.05. The monoisotopic (exact) mass is 275 g/mol. The molecule has 1 aromatic carbocycles. The van der Waals surface area contributed by atoms with Gasteiger partial charge in [-0.05, 0) is 34.1 Å². The first-order valence-electron chi connectivity index (χ1n) is 3.95. The molecule has 0 radical (unpaired) electrons. The van der Waals surface area contributed by atoms with Gasteiger partial charge >= 0.3 is 5.97 Å². The van der Waals surface area contributed by atoms with Crippen LogP contribution >= 0.6 is 15.9 Å². The zero-order valence-corrected chi connectivity index (χ0v) is 9.04. The first-order valence-corrected chi connectivity index (χ1v) is 4.75. The zero-order chi connectivity index (χ0) is 11.4. The Morgan fingerprint density at radius 1 is 1.47 bits per heavy atom. The molecule has 0 aliphatic rings. The van der Waals surface area contributed by atoms with E-state index >= 15 is 0 Å². The van der Waals surface area contributed by atoms with Crippen LogP contribution in [0.5, 0.6) is 0 Å². The van der Waals surface area contributed by atoms with Crippen LogP contribution in [0, 0.1) is 5.82 Å². The van der Waals surface area contributed by atoms with Crippen LogP contribution < -0.4 is 5.32 Å². The summed E-state index contributed by atoms with van der Waals surface area (Å²) in [5.41, 5.74) is 0.336. The molecule has 1 rings (SSSR count). The fourth-order valence-corrected chi connectivity index (χ4v) is 1.37. The number of halogens is 2. The average Bonchev–Trinajstić information content (AvgIpc) is 2.08. The van der Waals surface area contributed by atoms with Gasteiger partial charge in [-0.25, -0.2) is 4.39 Å². The van der Waals surface area contributed by atoms with E-state index in [2.05, 4.69) is 21.2 Å². The number of nitrogens with one attached hydrogen (secondary N) is 1. The summed E-state index contributed by atoms with van der Waals surface area (Å²) in [5, 5.41) is 10.7. The highest BCUT2D eigenvalue weighted by molar-refractivity contribution is 9.10. The Hall–Kier alpha value is -1.43. The van der Waals surface area contributed by atoms with Crippen molar-refractivity contribution in [2.24, 2.45) is 0 Å². The lowest BCUT2D eigenvalue weighted by molar-refractivity contribution is -0.139. The summed E-state index contributed by atoms with van der Waals surface area (Å²) in [6.07, 6.45) is -0.621. The number of rotatable bonds is 3. The Labute approximate surface area is 93.2 Å². The highest BCUT2D eigenvalue weighted by Crippen LogP contribution is 2.22. The van der Waals surface area contributed by atoms with Crippen molar-refractivity contribution in [3.8, 4) is 0 Å². The van der Waals surface area contributed by atoms with E-state index < -0.39 is 24.1 Å². The summed E-state index contributed by atoms with van der Waals surface area (Å²) < 4.78 is 13.0. The van der Waals surface area contributed by atoms with Crippen LogP contribution in [0.15, 0.2) is 22.7 Å². The van der Waals surface area contributed by atoms with E-state index in [0.29, 0.717) is 10.2 Å². The first kappa shape index (κ1) is 11.6. The largest absolute Gasteiger partial charge is 0.481 e. The van der Waals surface area contributed by atoms with Crippen molar-refractivity contribution in [3.63, 3.8) is 0 Å². The second kappa shape index (κ2) is 4.88. The normalized spacial score (nSPS) is 9.73. The predicted molar refractivity (Wildman–Crippen MR) is 55.0 cm³/mol. The van der Waals surface area contributed by atoms with Gasteiger partial charge in [0, 0.05) is 4.47 Å². The number of carboxylic acids is 1. The molecule has 0 spiro atoms. The lowest BCUT2D eigenvalue weighted by Crippen LogP contribution is -2.16. The number of carbonyl (C=O) groups is 2. The Morgan fingerprint density at radius 3 is 2.67 bits per heavy atom. The number of benzene rings is 1. The number of anilines is 1. The third-order valence-electron chi connectivity index (χ3n) is 1.52. The molecule has 0 saturated heterocycles. The smallest absolute Gasteiger partial charge is 0.312 e. The number of amides is 1. The molecule has 0 fully saturated rings. The van der Waals surface area contributed by atoms with Crippen molar-refractivity contribution in [1.82, 2.24) is 0 Å². The maximum Gasteiger partial charge on any atom is 0.312 e. The van der Waals surface area contributed by atoms with Crippen molar-refractivity contribution in [2.75, 3.05) is 5.32 Å². The molecule has 4 nitrogen and oxygen atoms in total. The van der Waals surface area contributed by atoms with E-state index in [1.807, 2.05) is 0 Å². The third-order valence-corrected chi connectivity index (χ3v) is 2.17. The van der Waals surface area contributed by atoms with Crippen LogP contribution in [0.25, 0.3) is 0 Å². The number of carbonyl (C=O) groups excluding carboxylic acids is 1. The van der Waals surface area contributed by atoms with Crippen molar-refractivity contribution < 1.29 is 19.1 Å². The number of hydrogen-bond donors (Lipinski definition) is 2. The Balaban J connectivity index is 2.72. The SMILES string of the molecule is O=C(O)CC(=O)Nc1ccc(F)cc1Br. The summed E-state index contributed by atoms with van der Waals surface area (Å²) in [7, 11) is 0. The van der Waals surface area contributed by atoms with E-state index in [0.717, 1.165) is 0 Å². The minimum absolute atomic E-state index is 0.336. The van der Waals surface area contributed by atoms with E-state index in [9.17, 15) is 14.0 Å². The van der Waals surface area contributed by atoms with Gasteiger partial charge < -0.3 is 10.4 Å². The van der Waals surface area contributed by atoms with E-state index in [4.69, 9.17) is 5.11 Å². The fourth-order valence-electron chi connectivity index (χ4n) is 0.923. The van der Waals surface area contributed by atoms with Crippen molar-refractivity contribution >= 4 is 33.5 Å². The quantitative estimate of drug-likeness (QED) is 0.830. The number of hydrogen-bond acceptors (Lipinski definition) is 2. The zero-order valence-electron chi connectivity index (χ0n) is 7.46. The molecule has 0 aliphatic heterocycles. The lowest BCUT2D eigenvalue weighted by atomic mass is 10.3. The van der Waals surface area contributed by atoms with Gasteiger partial charge in [0.25, 0.3) is 0 Å². The van der Waals surface area contributed by atoms with Gasteiger partial charge in [0.1, 0.15) is 12.2 Å². The molecule has 2 N–H and O–H groups in total. The van der Waals surface area contributed by atoms with Crippen LogP contribution in [-0.4, -0.2) is 17.0 Å². The van der Waals surface area contributed by atoms with Gasteiger partial charge in [0.15, 0.2) is 0 Å². The van der Waals surface area contributed by atoms with Gasteiger partial charge in [-0.1, -0.05) is 0 Å². The molecular weight excluding hydrogens is 269 g/mol. The minimum atomic E-state index is -1.22. The van der Waals surface area contributed by atoms with Gasteiger partial charge in [-0.2, -0.15) is 0 Å². The Bertz CT molecular complexity index is 408. The molecule has 0 saturated carbocycles. The Morgan fingerprint density at radius 2 is 2.13 bits per heavy atom. The van der Waals surface area contributed by atoms with Crippen LogP contribution in [0.3, 0.4) is 0 Å². The molecule has 0 unspecified atom stereocenters. The highest BCUT2D eigenvalue weighted by Gasteiger charge is 2.09. The second-order valence-electron chi connectivity index (χ2n) is 2.74. The van der Waals surface area contributed by atoms with Crippen LogP contribution in [-0.2, 0) is 9.59 Å². The maximum atomic E-state index is 12.7. The summed E-state index contributed by atoms with van der Waals surface area (Å²) in [5.74, 6) is -2.32. The van der Waals surface area contributed by atoms with E-state index in [1.165, 1.54) is 18.2 Å². The average molecular weight is 276 g/mol. The van der Waals surface area contributed by atoms with Gasteiger partial charge in [-0.15, -0.1) is 0 Å². The predicted octanol–water partition coefficient (Wildman–Crippen LogP) is 2.00. The number of aliphatic carboxylic acids is 1. The van der Waals surface area contributed by atoms with Crippen molar-refractivity contribution in [1.29, 1.82) is 0 Å². The molecule has 6 heteroatoms. The van der Waals surface area contributed by atoms with Gasteiger partial charge in [-0.3, -0.25) is 9.59 Å². The first-order chi connectivity index (χ1) is 6.99. The van der Waals surface area contributed by atoms with E-state index in [1.54, 1.807) is 0 Å².